The second-order valence-corrected chi connectivity index (χ2v) is 7.43. The van der Waals surface area contributed by atoms with E-state index in [1.54, 1.807) is 7.11 Å². The molecule has 0 amide bonds. The van der Waals surface area contributed by atoms with Crippen molar-refractivity contribution in [1.29, 1.82) is 0 Å². The van der Waals surface area contributed by atoms with Crippen LogP contribution >= 0.6 is 0 Å². The summed E-state index contributed by atoms with van der Waals surface area (Å²) in [7, 11) is 1.66. The van der Waals surface area contributed by atoms with Gasteiger partial charge in [-0.3, -0.25) is 0 Å². The van der Waals surface area contributed by atoms with Crippen LogP contribution in [0.3, 0.4) is 0 Å². The average Bonchev–Trinajstić information content (AvgIpc) is 2.58. The van der Waals surface area contributed by atoms with Crippen LogP contribution in [-0.2, 0) is 0 Å². The molecular weight excluding hydrogens is 264 g/mol. The van der Waals surface area contributed by atoms with Gasteiger partial charge < -0.3 is 14.6 Å². The van der Waals surface area contributed by atoms with Crippen LogP contribution in [0.4, 0.5) is 0 Å². The smallest absolute Gasteiger partial charge is 0.129 e. The Morgan fingerprint density at radius 3 is 2.76 bits per heavy atom. The van der Waals surface area contributed by atoms with Gasteiger partial charge in [0.2, 0.25) is 0 Å². The normalized spacial score (nSPS) is 31.1. The molecule has 0 radical (unpaired) electrons. The fourth-order valence-electron chi connectivity index (χ4n) is 3.75. The molecule has 0 saturated heterocycles. The second-order valence-electron chi connectivity index (χ2n) is 7.43. The first-order chi connectivity index (χ1) is 9.93. The van der Waals surface area contributed by atoms with Gasteiger partial charge >= 0.3 is 0 Å². The number of rotatable bonds is 1. The molecule has 116 valence electrons. The molecule has 1 N–H and O–H groups in total. The van der Waals surface area contributed by atoms with E-state index in [4.69, 9.17) is 9.47 Å². The van der Waals surface area contributed by atoms with Gasteiger partial charge in [0.05, 0.1) is 13.2 Å². The Hall–Kier alpha value is -1.22. The quantitative estimate of drug-likeness (QED) is 0.840. The zero-order valence-corrected chi connectivity index (χ0v) is 13.3. The van der Waals surface area contributed by atoms with Gasteiger partial charge in [-0.2, -0.15) is 0 Å². The van der Waals surface area contributed by atoms with Gasteiger partial charge in [0.15, 0.2) is 0 Å². The lowest BCUT2D eigenvalue weighted by Crippen LogP contribution is -2.40. The van der Waals surface area contributed by atoms with Crippen LogP contribution in [0.15, 0.2) is 18.2 Å². The van der Waals surface area contributed by atoms with Crippen molar-refractivity contribution in [3.63, 3.8) is 0 Å². The Morgan fingerprint density at radius 2 is 2.00 bits per heavy atom. The molecule has 1 aromatic carbocycles. The summed E-state index contributed by atoms with van der Waals surface area (Å²) in [5.74, 6) is 1.58. The van der Waals surface area contributed by atoms with Gasteiger partial charge in [-0.05, 0) is 49.7 Å². The highest BCUT2D eigenvalue weighted by Gasteiger charge is 2.43. The van der Waals surface area contributed by atoms with E-state index in [0.29, 0.717) is 11.8 Å². The molecule has 1 fully saturated rings. The molecular formula is C18H26O3. The van der Waals surface area contributed by atoms with Crippen LogP contribution in [0.5, 0.6) is 11.5 Å². The number of fused-ring (bicyclic) bond motifs is 1. The summed E-state index contributed by atoms with van der Waals surface area (Å²) < 4.78 is 11.7. The molecule has 3 nitrogen and oxygen atoms in total. The molecule has 3 rings (SSSR count). The summed E-state index contributed by atoms with van der Waals surface area (Å²) in [6.45, 7) is 4.67. The number of hydrogen-bond donors (Lipinski definition) is 1. The third-order valence-electron chi connectivity index (χ3n) is 5.21. The van der Waals surface area contributed by atoms with Crippen molar-refractivity contribution >= 4 is 0 Å². The Balaban J connectivity index is 1.89. The Bertz CT molecular complexity index is 523. The molecule has 1 aliphatic carbocycles. The van der Waals surface area contributed by atoms with Crippen LogP contribution in [0, 0.1) is 5.41 Å². The van der Waals surface area contributed by atoms with Gasteiger partial charge in [-0.1, -0.05) is 13.8 Å². The largest absolute Gasteiger partial charge is 0.497 e. The molecule has 1 aliphatic heterocycles. The van der Waals surface area contributed by atoms with Crippen molar-refractivity contribution in [2.45, 2.75) is 64.1 Å². The Kier molecular flexibility index (Phi) is 3.64. The molecule has 1 unspecified atom stereocenters. The molecule has 1 saturated carbocycles. The third-order valence-corrected chi connectivity index (χ3v) is 5.21. The van der Waals surface area contributed by atoms with Crippen molar-refractivity contribution in [1.82, 2.24) is 0 Å². The molecule has 2 atom stereocenters. The van der Waals surface area contributed by atoms with Crippen LogP contribution in [-0.4, -0.2) is 17.8 Å². The number of aliphatic hydroxyl groups excluding tert-OH is 1. The van der Waals surface area contributed by atoms with Gasteiger partial charge in [0, 0.05) is 18.1 Å². The van der Waals surface area contributed by atoms with Crippen molar-refractivity contribution in [3.05, 3.63) is 23.8 Å². The third kappa shape index (κ3) is 2.89. The number of hydrogen-bond acceptors (Lipinski definition) is 3. The predicted octanol–water partition coefficient (Wildman–Crippen LogP) is 4.24. The average molecular weight is 290 g/mol. The molecule has 0 bridgehead atoms. The van der Waals surface area contributed by atoms with E-state index >= 15 is 0 Å². The first-order valence-corrected chi connectivity index (χ1v) is 7.98. The first kappa shape index (κ1) is 14.7. The predicted molar refractivity (Wildman–Crippen MR) is 82.8 cm³/mol. The lowest BCUT2D eigenvalue weighted by atomic mass is 9.81. The van der Waals surface area contributed by atoms with Crippen LogP contribution in [0.2, 0.25) is 0 Å². The van der Waals surface area contributed by atoms with Crippen molar-refractivity contribution in [2.75, 3.05) is 7.11 Å². The zero-order valence-electron chi connectivity index (χ0n) is 13.3. The summed E-state index contributed by atoms with van der Waals surface area (Å²) in [6, 6.07) is 5.72. The lowest BCUT2D eigenvalue weighted by molar-refractivity contribution is -0.0261. The van der Waals surface area contributed by atoms with Crippen LogP contribution in [0.1, 0.15) is 64.0 Å². The molecule has 21 heavy (non-hydrogen) atoms. The highest BCUT2D eigenvalue weighted by atomic mass is 16.5. The van der Waals surface area contributed by atoms with Crippen LogP contribution < -0.4 is 9.47 Å². The van der Waals surface area contributed by atoms with Gasteiger partial charge in [-0.25, -0.2) is 0 Å². The van der Waals surface area contributed by atoms with E-state index in [1.165, 1.54) is 12.8 Å². The summed E-state index contributed by atoms with van der Waals surface area (Å²) in [5, 5.41) is 10.5. The number of ether oxygens (including phenoxy) is 2. The van der Waals surface area contributed by atoms with Crippen molar-refractivity contribution in [2.24, 2.45) is 5.41 Å². The van der Waals surface area contributed by atoms with E-state index in [-0.39, 0.29) is 5.60 Å². The standard InChI is InChI=1S/C18H26O3/c1-17(2)7-4-8-18(10-9-17)12-15(19)14-6-5-13(20-3)11-16(14)21-18/h5-6,11,15,19H,4,7-10,12H2,1-3H3/t15-,18?/m1/s1. The topological polar surface area (TPSA) is 38.7 Å². The molecule has 1 heterocycles. The maximum absolute atomic E-state index is 10.5. The molecule has 1 aromatic rings. The van der Waals surface area contributed by atoms with Crippen LogP contribution in [0.25, 0.3) is 0 Å². The highest BCUT2D eigenvalue weighted by Crippen LogP contribution is 2.48. The fraction of sp³-hybridized carbons (Fsp3) is 0.667. The maximum Gasteiger partial charge on any atom is 0.129 e. The molecule has 1 spiro atoms. The van der Waals surface area contributed by atoms with Crippen molar-refractivity contribution < 1.29 is 14.6 Å². The number of aliphatic hydroxyl groups is 1. The molecule has 2 aliphatic rings. The number of methoxy groups -OCH3 is 1. The minimum Gasteiger partial charge on any atom is -0.497 e. The molecule has 3 heteroatoms. The van der Waals surface area contributed by atoms with E-state index in [2.05, 4.69) is 13.8 Å². The fourth-order valence-corrected chi connectivity index (χ4v) is 3.75. The lowest BCUT2D eigenvalue weighted by Gasteiger charge is -2.41. The zero-order chi connectivity index (χ0) is 15.1. The summed E-state index contributed by atoms with van der Waals surface area (Å²) in [6.07, 6.45) is 5.89. The van der Waals surface area contributed by atoms with Gasteiger partial charge in [0.25, 0.3) is 0 Å². The first-order valence-electron chi connectivity index (χ1n) is 7.98. The van der Waals surface area contributed by atoms with E-state index < -0.39 is 6.10 Å². The number of benzene rings is 1. The second kappa shape index (κ2) is 5.20. The highest BCUT2D eigenvalue weighted by molar-refractivity contribution is 5.44. The summed E-state index contributed by atoms with van der Waals surface area (Å²) >= 11 is 0. The van der Waals surface area contributed by atoms with E-state index in [1.807, 2.05) is 18.2 Å². The van der Waals surface area contributed by atoms with Gasteiger partial charge in [-0.15, -0.1) is 0 Å². The SMILES string of the molecule is COc1ccc2c(c1)OC1(CCCC(C)(C)CC1)C[C@H]2O. The van der Waals surface area contributed by atoms with E-state index in [9.17, 15) is 5.11 Å². The summed E-state index contributed by atoms with van der Waals surface area (Å²) in [4.78, 5) is 0. The molecule has 0 aromatic heterocycles. The van der Waals surface area contributed by atoms with Gasteiger partial charge in [0.1, 0.15) is 17.1 Å². The van der Waals surface area contributed by atoms with E-state index in [0.717, 1.165) is 36.3 Å². The minimum atomic E-state index is -0.430. The Morgan fingerprint density at radius 1 is 1.19 bits per heavy atom. The van der Waals surface area contributed by atoms with Crippen molar-refractivity contribution in [3.8, 4) is 11.5 Å². The minimum absolute atomic E-state index is 0.202. The Labute approximate surface area is 127 Å². The maximum atomic E-state index is 10.5. The monoisotopic (exact) mass is 290 g/mol. The summed E-state index contributed by atoms with van der Waals surface area (Å²) in [5.41, 5.74) is 1.07.